The molecule has 0 aromatic carbocycles. The van der Waals surface area contributed by atoms with Gasteiger partial charge in [0, 0.05) is 26.4 Å². The van der Waals surface area contributed by atoms with E-state index in [9.17, 15) is 0 Å². The van der Waals surface area contributed by atoms with Crippen molar-refractivity contribution < 1.29 is 19.7 Å². The summed E-state index contributed by atoms with van der Waals surface area (Å²) in [6.45, 7) is 15.5. The lowest BCUT2D eigenvalue weighted by atomic mass is 9.95. The van der Waals surface area contributed by atoms with E-state index in [0.717, 1.165) is 51.7 Å². The average Bonchev–Trinajstić information content (AvgIpc) is 2.64. The van der Waals surface area contributed by atoms with E-state index >= 15 is 0 Å². The molecule has 0 amide bonds. The van der Waals surface area contributed by atoms with Crippen LogP contribution in [-0.4, -0.2) is 47.8 Å². The summed E-state index contributed by atoms with van der Waals surface area (Å²) in [5.41, 5.74) is -0.0819. The first kappa shape index (κ1) is 29.8. The van der Waals surface area contributed by atoms with Crippen LogP contribution >= 0.6 is 0 Å². The largest absolute Gasteiger partial charge is 0.396 e. The van der Waals surface area contributed by atoms with Gasteiger partial charge in [0.25, 0.3) is 0 Å². The van der Waals surface area contributed by atoms with Crippen molar-refractivity contribution in [2.45, 2.75) is 130 Å². The van der Waals surface area contributed by atoms with Gasteiger partial charge in [-0.3, -0.25) is 0 Å². The summed E-state index contributed by atoms with van der Waals surface area (Å²) in [6.07, 6.45) is 13.3. The molecule has 30 heavy (non-hydrogen) atoms. The van der Waals surface area contributed by atoms with Crippen molar-refractivity contribution in [1.29, 1.82) is 0 Å². The van der Waals surface area contributed by atoms with Crippen LogP contribution in [0, 0.1) is 11.8 Å². The molecule has 0 saturated heterocycles. The molecule has 0 aromatic rings. The van der Waals surface area contributed by atoms with Crippen LogP contribution in [0.15, 0.2) is 0 Å². The highest BCUT2D eigenvalue weighted by molar-refractivity contribution is 4.70. The van der Waals surface area contributed by atoms with Crippen LogP contribution in [-0.2, 0) is 9.47 Å². The summed E-state index contributed by atoms with van der Waals surface area (Å²) in [7, 11) is 0. The molecule has 0 heterocycles. The lowest BCUT2D eigenvalue weighted by Gasteiger charge is -2.26. The topological polar surface area (TPSA) is 58.9 Å². The van der Waals surface area contributed by atoms with Crippen molar-refractivity contribution >= 4 is 0 Å². The maximum atomic E-state index is 8.99. The fraction of sp³-hybridized carbons (Fsp3) is 1.00. The number of ether oxygens (including phenoxy) is 2. The predicted molar refractivity (Wildman–Crippen MR) is 128 cm³/mol. The van der Waals surface area contributed by atoms with Gasteiger partial charge in [0.15, 0.2) is 0 Å². The van der Waals surface area contributed by atoms with Crippen LogP contribution in [0.5, 0.6) is 0 Å². The van der Waals surface area contributed by atoms with E-state index in [1.54, 1.807) is 0 Å². The van der Waals surface area contributed by atoms with Crippen LogP contribution in [0.25, 0.3) is 0 Å². The fourth-order valence-electron chi connectivity index (χ4n) is 3.88. The van der Waals surface area contributed by atoms with Crippen LogP contribution < -0.4 is 0 Å². The Morgan fingerprint density at radius 1 is 0.567 bits per heavy atom. The zero-order valence-electron chi connectivity index (χ0n) is 21.2. The molecule has 2 atom stereocenters. The van der Waals surface area contributed by atoms with E-state index in [1.165, 1.54) is 38.5 Å². The lowest BCUT2D eigenvalue weighted by Crippen LogP contribution is -2.25. The van der Waals surface area contributed by atoms with Gasteiger partial charge in [-0.15, -0.1) is 0 Å². The average molecular weight is 431 g/mol. The number of hydrogen-bond donors (Lipinski definition) is 2. The van der Waals surface area contributed by atoms with Gasteiger partial charge in [-0.05, 0) is 78.1 Å². The molecule has 0 aliphatic heterocycles. The third-order valence-electron chi connectivity index (χ3n) is 6.22. The Morgan fingerprint density at radius 3 is 1.27 bits per heavy atom. The van der Waals surface area contributed by atoms with Gasteiger partial charge in [-0.1, -0.05) is 52.4 Å². The van der Waals surface area contributed by atoms with E-state index in [0.29, 0.717) is 25.0 Å². The monoisotopic (exact) mass is 430 g/mol. The van der Waals surface area contributed by atoms with Crippen molar-refractivity contribution in [3.63, 3.8) is 0 Å². The Kier molecular flexibility index (Phi) is 17.3. The standard InChI is InChI=1S/C26H54O4/c1-23(15-19-27)13-11-17-25(3,4)29-21-9-7-8-10-22-30-26(5,6)18-12-14-24(2)16-20-28/h23-24,27-28H,7-22H2,1-6H3. The number of unbranched alkanes of at least 4 members (excludes halogenated alkanes) is 3. The summed E-state index contributed by atoms with van der Waals surface area (Å²) < 4.78 is 12.2. The Morgan fingerprint density at radius 2 is 0.933 bits per heavy atom. The van der Waals surface area contributed by atoms with Gasteiger partial charge in [0.05, 0.1) is 11.2 Å². The molecule has 4 heteroatoms. The van der Waals surface area contributed by atoms with Crippen molar-refractivity contribution in [3.05, 3.63) is 0 Å². The van der Waals surface area contributed by atoms with Crippen LogP contribution in [0.1, 0.15) is 119 Å². The Labute approximate surface area is 188 Å². The van der Waals surface area contributed by atoms with Crippen molar-refractivity contribution in [1.82, 2.24) is 0 Å². The summed E-state index contributed by atoms with van der Waals surface area (Å²) in [5, 5.41) is 18.0. The maximum Gasteiger partial charge on any atom is 0.0626 e. The molecule has 0 saturated carbocycles. The van der Waals surface area contributed by atoms with Gasteiger partial charge < -0.3 is 19.7 Å². The zero-order chi connectivity index (χ0) is 22.9. The minimum absolute atomic E-state index is 0.0409. The minimum atomic E-state index is -0.0409. The second kappa shape index (κ2) is 17.4. The second-order valence-electron chi connectivity index (χ2n) is 10.6. The second-order valence-corrected chi connectivity index (χ2v) is 10.6. The molecule has 2 N–H and O–H groups in total. The van der Waals surface area contributed by atoms with E-state index in [-0.39, 0.29) is 11.2 Å². The predicted octanol–water partition coefficient (Wildman–Crippen LogP) is 6.51. The summed E-state index contributed by atoms with van der Waals surface area (Å²) in [6, 6.07) is 0. The molecule has 0 fully saturated rings. The van der Waals surface area contributed by atoms with Gasteiger partial charge >= 0.3 is 0 Å². The Balaban J connectivity index is 3.65. The van der Waals surface area contributed by atoms with Crippen molar-refractivity contribution in [2.75, 3.05) is 26.4 Å². The molecule has 182 valence electrons. The van der Waals surface area contributed by atoms with Crippen LogP contribution in [0.4, 0.5) is 0 Å². The minimum Gasteiger partial charge on any atom is -0.396 e. The van der Waals surface area contributed by atoms with Gasteiger partial charge in [-0.25, -0.2) is 0 Å². The summed E-state index contributed by atoms with van der Waals surface area (Å²) >= 11 is 0. The highest BCUT2D eigenvalue weighted by atomic mass is 16.5. The molecule has 0 spiro atoms. The number of rotatable bonds is 21. The quantitative estimate of drug-likeness (QED) is 0.204. The first-order chi connectivity index (χ1) is 14.1. The van der Waals surface area contributed by atoms with Crippen molar-refractivity contribution in [2.24, 2.45) is 11.8 Å². The lowest BCUT2D eigenvalue weighted by molar-refractivity contribution is -0.0316. The third kappa shape index (κ3) is 18.6. The first-order valence-corrected chi connectivity index (χ1v) is 12.6. The van der Waals surface area contributed by atoms with E-state index in [1.807, 2.05) is 0 Å². The van der Waals surface area contributed by atoms with Crippen molar-refractivity contribution in [3.8, 4) is 0 Å². The Bertz CT molecular complexity index is 345. The SMILES string of the molecule is CC(CCO)CCCC(C)(C)OCCCCCCOC(C)(C)CCCC(C)CCO. The van der Waals surface area contributed by atoms with Crippen LogP contribution in [0.2, 0.25) is 0 Å². The van der Waals surface area contributed by atoms with E-state index < -0.39 is 0 Å². The van der Waals surface area contributed by atoms with Gasteiger partial charge in [0.2, 0.25) is 0 Å². The molecule has 0 bridgehead atoms. The fourth-order valence-corrected chi connectivity index (χ4v) is 3.88. The van der Waals surface area contributed by atoms with Crippen LogP contribution in [0.3, 0.4) is 0 Å². The maximum absolute atomic E-state index is 8.99. The molecule has 0 aromatic heterocycles. The van der Waals surface area contributed by atoms with Gasteiger partial charge in [0.1, 0.15) is 0 Å². The Hall–Kier alpha value is -0.160. The molecular weight excluding hydrogens is 376 g/mol. The number of aliphatic hydroxyl groups excluding tert-OH is 2. The first-order valence-electron chi connectivity index (χ1n) is 12.6. The van der Waals surface area contributed by atoms with E-state index in [4.69, 9.17) is 19.7 Å². The molecule has 0 aliphatic rings. The smallest absolute Gasteiger partial charge is 0.0626 e. The van der Waals surface area contributed by atoms with Gasteiger partial charge in [-0.2, -0.15) is 0 Å². The number of aliphatic hydroxyl groups is 2. The highest BCUT2D eigenvalue weighted by Gasteiger charge is 2.19. The normalized spacial score (nSPS) is 14.8. The number of hydrogen-bond acceptors (Lipinski definition) is 4. The van der Waals surface area contributed by atoms with E-state index in [2.05, 4.69) is 41.5 Å². The molecule has 0 aliphatic carbocycles. The highest BCUT2D eigenvalue weighted by Crippen LogP contribution is 2.23. The third-order valence-corrected chi connectivity index (χ3v) is 6.22. The molecule has 4 nitrogen and oxygen atoms in total. The summed E-state index contributed by atoms with van der Waals surface area (Å²) in [4.78, 5) is 0. The molecular formula is C26H54O4. The molecule has 2 unspecified atom stereocenters. The summed E-state index contributed by atoms with van der Waals surface area (Å²) in [5.74, 6) is 1.21. The molecule has 0 rings (SSSR count). The zero-order valence-corrected chi connectivity index (χ0v) is 21.2. The molecule has 0 radical (unpaired) electrons.